The first kappa shape index (κ1) is 20.3. The maximum atomic E-state index is 13.0. The standard InChI is InChI=1S/C22H27N5O3/c1-15-8-7-11-26(12-15)14-18-23-20-19(21(29)25(3)22(30)24(20)2)27(18)13-17(28)16-9-5-4-6-10-16/h4-6,9-10,15H,7-8,11-14H2,1-3H3/t15-/m0/s1. The Morgan fingerprint density at radius 3 is 2.57 bits per heavy atom. The van der Waals surface area contributed by atoms with Crippen LogP contribution in [-0.4, -0.2) is 42.5 Å². The summed E-state index contributed by atoms with van der Waals surface area (Å²) in [7, 11) is 3.06. The minimum absolute atomic E-state index is 0.00663. The molecule has 1 aliphatic heterocycles. The number of likely N-dealkylation sites (tertiary alicyclic amines) is 1. The van der Waals surface area contributed by atoms with Gasteiger partial charge in [0.15, 0.2) is 16.9 Å². The summed E-state index contributed by atoms with van der Waals surface area (Å²) in [5.74, 6) is 1.14. The lowest BCUT2D eigenvalue weighted by Gasteiger charge is -2.30. The first-order valence-electron chi connectivity index (χ1n) is 10.3. The molecule has 0 unspecified atom stereocenters. The monoisotopic (exact) mass is 409 g/mol. The number of rotatable bonds is 5. The molecule has 0 saturated carbocycles. The van der Waals surface area contributed by atoms with Gasteiger partial charge < -0.3 is 4.57 Å². The first-order chi connectivity index (χ1) is 14.4. The molecule has 0 aliphatic carbocycles. The third-order valence-corrected chi connectivity index (χ3v) is 5.93. The van der Waals surface area contributed by atoms with Crippen LogP contribution < -0.4 is 11.2 Å². The summed E-state index contributed by atoms with van der Waals surface area (Å²) in [6, 6.07) is 9.02. The highest BCUT2D eigenvalue weighted by atomic mass is 16.2. The molecule has 0 spiro atoms. The Kier molecular flexibility index (Phi) is 5.42. The van der Waals surface area contributed by atoms with Gasteiger partial charge in [-0.3, -0.25) is 23.6 Å². The number of piperidine rings is 1. The summed E-state index contributed by atoms with van der Waals surface area (Å²) in [5, 5.41) is 0. The lowest BCUT2D eigenvalue weighted by molar-refractivity contribution is 0.0969. The quantitative estimate of drug-likeness (QED) is 0.597. The van der Waals surface area contributed by atoms with Crippen LogP contribution >= 0.6 is 0 Å². The molecule has 1 aromatic carbocycles. The fourth-order valence-corrected chi connectivity index (χ4v) is 4.27. The molecule has 0 N–H and O–H groups in total. The fraction of sp³-hybridized carbons (Fsp3) is 0.455. The molecule has 30 heavy (non-hydrogen) atoms. The molecule has 4 rings (SSSR count). The summed E-state index contributed by atoms with van der Waals surface area (Å²) in [6.45, 7) is 4.68. The van der Waals surface area contributed by atoms with Gasteiger partial charge in [0.1, 0.15) is 5.82 Å². The van der Waals surface area contributed by atoms with Crippen molar-refractivity contribution in [1.29, 1.82) is 0 Å². The number of benzene rings is 1. The summed E-state index contributed by atoms with van der Waals surface area (Å²) in [6.07, 6.45) is 2.32. The zero-order valence-electron chi connectivity index (χ0n) is 17.7. The molecular weight excluding hydrogens is 382 g/mol. The van der Waals surface area contributed by atoms with Crippen LogP contribution in [0, 0.1) is 5.92 Å². The predicted molar refractivity (Wildman–Crippen MR) is 115 cm³/mol. The summed E-state index contributed by atoms with van der Waals surface area (Å²) in [4.78, 5) is 45.3. The first-order valence-corrected chi connectivity index (χ1v) is 10.3. The Balaban J connectivity index is 1.83. The van der Waals surface area contributed by atoms with Crippen molar-refractivity contribution in [2.24, 2.45) is 20.0 Å². The van der Waals surface area contributed by atoms with Crippen LogP contribution in [0.2, 0.25) is 0 Å². The van der Waals surface area contributed by atoms with Crippen molar-refractivity contribution < 1.29 is 4.79 Å². The number of hydrogen-bond donors (Lipinski definition) is 0. The van der Waals surface area contributed by atoms with Crippen molar-refractivity contribution in [3.63, 3.8) is 0 Å². The smallest absolute Gasteiger partial charge is 0.313 e. The highest BCUT2D eigenvalue weighted by Crippen LogP contribution is 2.20. The van der Waals surface area contributed by atoms with E-state index in [0.717, 1.165) is 24.1 Å². The average molecular weight is 409 g/mol. The number of aryl methyl sites for hydroxylation is 1. The van der Waals surface area contributed by atoms with E-state index in [0.29, 0.717) is 35.0 Å². The van der Waals surface area contributed by atoms with Crippen molar-refractivity contribution in [3.8, 4) is 0 Å². The molecule has 8 heteroatoms. The summed E-state index contributed by atoms with van der Waals surface area (Å²) in [5.41, 5.74) is 0.343. The van der Waals surface area contributed by atoms with E-state index in [2.05, 4.69) is 16.8 Å². The van der Waals surface area contributed by atoms with E-state index in [1.165, 1.54) is 18.0 Å². The third kappa shape index (κ3) is 3.63. The minimum atomic E-state index is -0.431. The van der Waals surface area contributed by atoms with Crippen molar-refractivity contribution >= 4 is 16.9 Å². The molecule has 1 atom stereocenters. The van der Waals surface area contributed by atoms with E-state index >= 15 is 0 Å². The third-order valence-electron chi connectivity index (χ3n) is 5.93. The van der Waals surface area contributed by atoms with Gasteiger partial charge in [-0.25, -0.2) is 9.78 Å². The molecule has 3 aromatic rings. The lowest BCUT2D eigenvalue weighted by Crippen LogP contribution is -2.38. The van der Waals surface area contributed by atoms with Crippen molar-refractivity contribution in [1.82, 2.24) is 23.6 Å². The number of fused-ring (bicyclic) bond motifs is 1. The van der Waals surface area contributed by atoms with Gasteiger partial charge >= 0.3 is 5.69 Å². The number of hydrogen-bond acceptors (Lipinski definition) is 5. The highest BCUT2D eigenvalue weighted by Gasteiger charge is 2.24. The van der Waals surface area contributed by atoms with Crippen molar-refractivity contribution in [3.05, 3.63) is 62.6 Å². The molecule has 2 aromatic heterocycles. The van der Waals surface area contributed by atoms with Crippen LogP contribution in [0.5, 0.6) is 0 Å². The van der Waals surface area contributed by atoms with Crippen LogP contribution in [0.4, 0.5) is 0 Å². The number of imidazole rings is 1. The van der Waals surface area contributed by atoms with Gasteiger partial charge in [-0.15, -0.1) is 0 Å². The number of carbonyl (C=O) groups is 1. The van der Waals surface area contributed by atoms with Gasteiger partial charge in [0.05, 0.1) is 13.1 Å². The van der Waals surface area contributed by atoms with Gasteiger partial charge in [-0.2, -0.15) is 0 Å². The Labute approximate surface area is 174 Å². The Bertz CT molecular complexity index is 1210. The molecule has 0 amide bonds. The molecule has 1 fully saturated rings. The van der Waals surface area contributed by atoms with Crippen LogP contribution in [0.1, 0.15) is 35.9 Å². The zero-order chi connectivity index (χ0) is 21.4. The molecular formula is C22H27N5O3. The molecule has 1 aliphatic rings. The van der Waals surface area contributed by atoms with E-state index < -0.39 is 11.2 Å². The average Bonchev–Trinajstić information content (AvgIpc) is 3.09. The molecule has 1 saturated heterocycles. The van der Waals surface area contributed by atoms with E-state index in [1.54, 1.807) is 23.7 Å². The van der Waals surface area contributed by atoms with Crippen LogP contribution in [-0.2, 0) is 27.2 Å². The van der Waals surface area contributed by atoms with Gasteiger partial charge in [0, 0.05) is 26.2 Å². The van der Waals surface area contributed by atoms with Gasteiger partial charge in [-0.05, 0) is 25.3 Å². The van der Waals surface area contributed by atoms with Crippen LogP contribution in [0.3, 0.4) is 0 Å². The van der Waals surface area contributed by atoms with Crippen LogP contribution in [0.25, 0.3) is 11.2 Å². The van der Waals surface area contributed by atoms with Crippen molar-refractivity contribution in [2.45, 2.75) is 32.9 Å². The van der Waals surface area contributed by atoms with E-state index in [-0.39, 0.29) is 12.3 Å². The van der Waals surface area contributed by atoms with E-state index in [1.807, 2.05) is 18.2 Å². The second-order valence-corrected chi connectivity index (χ2v) is 8.26. The number of Topliss-reactive ketones (excluding diaryl/α,β-unsaturated/α-hetero) is 1. The van der Waals surface area contributed by atoms with Gasteiger partial charge in [0.25, 0.3) is 5.56 Å². The molecule has 158 valence electrons. The number of aromatic nitrogens is 4. The Hall–Kier alpha value is -3.00. The topological polar surface area (TPSA) is 82.1 Å². The summed E-state index contributed by atoms with van der Waals surface area (Å²) >= 11 is 0. The number of carbonyl (C=O) groups excluding carboxylic acids is 1. The maximum Gasteiger partial charge on any atom is 0.332 e. The summed E-state index contributed by atoms with van der Waals surface area (Å²) < 4.78 is 4.15. The molecule has 8 nitrogen and oxygen atoms in total. The molecule has 0 bridgehead atoms. The number of ketones is 1. The normalized spacial score (nSPS) is 17.5. The van der Waals surface area contributed by atoms with E-state index in [9.17, 15) is 14.4 Å². The SMILES string of the molecule is C[C@H]1CCCN(Cc2nc3c(c(=O)n(C)c(=O)n3C)n2CC(=O)c2ccccc2)C1. The zero-order valence-corrected chi connectivity index (χ0v) is 17.7. The second kappa shape index (κ2) is 8.02. The van der Waals surface area contributed by atoms with E-state index in [4.69, 9.17) is 0 Å². The Morgan fingerprint density at radius 1 is 1.13 bits per heavy atom. The van der Waals surface area contributed by atoms with Gasteiger partial charge in [-0.1, -0.05) is 37.3 Å². The highest BCUT2D eigenvalue weighted by molar-refractivity contribution is 5.96. The van der Waals surface area contributed by atoms with Gasteiger partial charge in [0.2, 0.25) is 0 Å². The Morgan fingerprint density at radius 2 is 1.87 bits per heavy atom. The molecule has 3 heterocycles. The van der Waals surface area contributed by atoms with Crippen molar-refractivity contribution in [2.75, 3.05) is 13.1 Å². The second-order valence-electron chi connectivity index (χ2n) is 8.26. The number of nitrogens with zero attached hydrogens (tertiary/aromatic N) is 5. The molecule has 0 radical (unpaired) electrons. The minimum Gasteiger partial charge on any atom is -0.313 e. The largest absolute Gasteiger partial charge is 0.332 e. The maximum absolute atomic E-state index is 13.0. The fourth-order valence-electron chi connectivity index (χ4n) is 4.27. The lowest BCUT2D eigenvalue weighted by atomic mass is 10.0. The predicted octanol–water partition coefficient (Wildman–Crippen LogP) is 1.55. The van der Waals surface area contributed by atoms with Crippen LogP contribution in [0.15, 0.2) is 39.9 Å².